The van der Waals surface area contributed by atoms with Gasteiger partial charge in [0.1, 0.15) is 30.0 Å². The van der Waals surface area contributed by atoms with E-state index in [1.165, 1.54) is 20.8 Å². The summed E-state index contributed by atoms with van der Waals surface area (Å²) in [5, 5.41) is 12.0. The van der Waals surface area contributed by atoms with Crippen molar-refractivity contribution in [1.29, 1.82) is 0 Å². The van der Waals surface area contributed by atoms with Gasteiger partial charge in [0, 0.05) is 44.4 Å². The van der Waals surface area contributed by atoms with Gasteiger partial charge in [-0.05, 0) is 37.0 Å². The number of rotatable bonds is 5. The zero-order valence-electron chi connectivity index (χ0n) is 26.2. The molecular weight excluding hydrogens is 556 g/mol. The van der Waals surface area contributed by atoms with Crippen LogP contribution in [0, 0.1) is 23.2 Å². The van der Waals surface area contributed by atoms with Crippen molar-refractivity contribution in [3.63, 3.8) is 0 Å². The Kier molecular flexibility index (Phi) is 9.42. The average molecular weight is 601 g/mol. The van der Waals surface area contributed by atoms with Crippen molar-refractivity contribution in [1.82, 2.24) is 0 Å². The lowest BCUT2D eigenvalue weighted by Crippen LogP contribution is -2.51. The Morgan fingerprint density at radius 1 is 0.907 bits per heavy atom. The molecule has 2 aliphatic heterocycles. The summed E-state index contributed by atoms with van der Waals surface area (Å²) in [5.74, 6) is -3.41. The summed E-state index contributed by atoms with van der Waals surface area (Å²) in [6.45, 7) is 13.1. The van der Waals surface area contributed by atoms with E-state index in [9.17, 15) is 24.3 Å². The van der Waals surface area contributed by atoms with E-state index >= 15 is 0 Å². The molecule has 0 aromatic heterocycles. The Bertz CT molecular complexity index is 1260. The zero-order chi connectivity index (χ0) is 31.9. The van der Waals surface area contributed by atoms with E-state index in [4.69, 9.17) is 23.7 Å². The third-order valence-electron chi connectivity index (χ3n) is 9.40. The van der Waals surface area contributed by atoms with E-state index in [0.717, 1.165) is 0 Å². The van der Waals surface area contributed by atoms with Gasteiger partial charge in [0.15, 0.2) is 0 Å². The van der Waals surface area contributed by atoms with Crippen LogP contribution in [0.15, 0.2) is 42.0 Å². The fourth-order valence-corrected chi connectivity index (χ4v) is 7.22. The van der Waals surface area contributed by atoms with Gasteiger partial charge in [0.2, 0.25) is 0 Å². The van der Waals surface area contributed by atoms with Crippen LogP contribution in [-0.2, 0) is 38.1 Å². The number of carbonyl (C=O) groups excluding carboxylic acids is 4. The van der Waals surface area contributed by atoms with Crippen molar-refractivity contribution in [2.45, 2.75) is 110 Å². The molecule has 1 aliphatic carbocycles. The van der Waals surface area contributed by atoms with Gasteiger partial charge < -0.3 is 28.8 Å². The molecule has 0 radical (unpaired) electrons. The lowest BCUT2D eigenvalue weighted by molar-refractivity contribution is -0.184. The van der Waals surface area contributed by atoms with Crippen LogP contribution in [0.1, 0.15) is 78.6 Å². The Labute approximate surface area is 253 Å². The lowest BCUT2D eigenvalue weighted by Gasteiger charge is -2.41. The summed E-state index contributed by atoms with van der Waals surface area (Å²) in [6, 6.07) is 8.66. The molecule has 43 heavy (non-hydrogen) atoms. The minimum absolute atomic E-state index is 0.0871. The van der Waals surface area contributed by atoms with Gasteiger partial charge in [-0.1, -0.05) is 52.0 Å². The molecule has 236 valence electrons. The van der Waals surface area contributed by atoms with Crippen LogP contribution >= 0.6 is 0 Å². The van der Waals surface area contributed by atoms with E-state index in [-0.39, 0.29) is 12.3 Å². The second-order valence-electron chi connectivity index (χ2n) is 13.0. The number of hydrogen-bond acceptors (Lipinski definition) is 10. The summed E-state index contributed by atoms with van der Waals surface area (Å²) >= 11 is 0. The number of benzene rings is 1. The molecule has 2 fully saturated rings. The molecule has 1 saturated carbocycles. The highest BCUT2D eigenvalue weighted by Gasteiger charge is 2.68. The Morgan fingerprint density at radius 2 is 1.51 bits per heavy atom. The van der Waals surface area contributed by atoms with Crippen molar-refractivity contribution in [2.24, 2.45) is 23.2 Å². The summed E-state index contributed by atoms with van der Waals surface area (Å²) in [7, 11) is 0. The molecule has 0 unspecified atom stereocenters. The molecule has 10 atom stereocenters. The predicted octanol–water partition coefficient (Wildman–Crippen LogP) is 4.17. The lowest BCUT2D eigenvalue weighted by atomic mass is 9.72. The number of carbonyl (C=O) groups is 4. The molecule has 2 bridgehead atoms. The Balaban J connectivity index is 1.90. The summed E-state index contributed by atoms with van der Waals surface area (Å²) in [4.78, 5) is 50.3. The fraction of sp³-hybridized carbons (Fsp3) is 0.636. The maximum atomic E-state index is 13.3. The molecule has 2 heterocycles. The third-order valence-corrected chi connectivity index (χ3v) is 9.40. The normalized spacial score (nSPS) is 36.8. The first kappa shape index (κ1) is 32.7. The van der Waals surface area contributed by atoms with Crippen LogP contribution in [0.4, 0.5) is 0 Å². The van der Waals surface area contributed by atoms with Gasteiger partial charge in [-0.2, -0.15) is 0 Å². The zero-order valence-corrected chi connectivity index (χ0v) is 26.2. The number of aliphatic hydroxyl groups excluding tert-OH is 1. The first-order chi connectivity index (χ1) is 20.1. The van der Waals surface area contributed by atoms with Crippen LogP contribution in [0.2, 0.25) is 0 Å². The smallest absolute Gasteiger partial charge is 0.338 e. The van der Waals surface area contributed by atoms with Gasteiger partial charge >= 0.3 is 23.9 Å². The van der Waals surface area contributed by atoms with Crippen molar-refractivity contribution in [3.05, 3.63) is 47.5 Å². The standard InChI is InChI=1S/C33H44O10/c1-17-14-24-27(42-31(38)23-12-10-9-11-13-23)18(2)16-33(24)30(41-22(6)36)19(3)28(43-33)29(37)32(7,8)26(40-21(5)35)15-25(17)39-20(4)34/h9-14,18-19,24-30,37H,15-16H2,1-8H3/t18-,19-,24-,25+,26+,27-,28-,29+,30-,33+/m0/s1. The highest BCUT2D eigenvalue weighted by atomic mass is 16.6. The SMILES string of the molecule is CC(=O)O[C@@H]1C[C@@H](OC(C)=O)C(C)(C)[C@H](O)[C@H]2O[C@@]3(C[C@H](C)[C@H](OC(=O)c4ccccc4)[C@@H]3C=C1C)[C@@H](OC(C)=O)[C@H]2C. The maximum absolute atomic E-state index is 13.3. The van der Waals surface area contributed by atoms with Crippen LogP contribution in [-0.4, -0.2) is 71.2 Å². The minimum Gasteiger partial charge on any atom is -0.462 e. The monoisotopic (exact) mass is 600 g/mol. The summed E-state index contributed by atoms with van der Waals surface area (Å²) in [6.07, 6.45) is -2.85. The summed E-state index contributed by atoms with van der Waals surface area (Å²) < 4.78 is 30.5. The molecule has 1 spiro atoms. The van der Waals surface area contributed by atoms with Gasteiger partial charge in [-0.3, -0.25) is 14.4 Å². The Hall–Kier alpha value is -3.24. The second kappa shape index (κ2) is 12.4. The van der Waals surface area contributed by atoms with Gasteiger partial charge in [0.25, 0.3) is 0 Å². The van der Waals surface area contributed by atoms with Crippen LogP contribution < -0.4 is 0 Å². The topological polar surface area (TPSA) is 135 Å². The molecule has 3 aliphatic rings. The molecule has 0 amide bonds. The fourth-order valence-electron chi connectivity index (χ4n) is 7.22. The number of ether oxygens (including phenoxy) is 5. The van der Waals surface area contributed by atoms with Gasteiger partial charge in [-0.25, -0.2) is 4.79 Å². The highest BCUT2D eigenvalue weighted by Crippen LogP contribution is 2.57. The Morgan fingerprint density at radius 3 is 2.09 bits per heavy atom. The number of aliphatic hydroxyl groups is 1. The molecule has 10 heteroatoms. The van der Waals surface area contributed by atoms with E-state index in [1.807, 2.05) is 26.0 Å². The molecule has 10 nitrogen and oxygen atoms in total. The summed E-state index contributed by atoms with van der Waals surface area (Å²) in [5.41, 5.74) is -1.22. The van der Waals surface area contributed by atoms with Crippen LogP contribution in [0.5, 0.6) is 0 Å². The first-order valence-electron chi connectivity index (χ1n) is 14.9. The van der Waals surface area contributed by atoms with Crippen LogP contribution in [0.25, 0.3) is 0 Å². The van der Waals surface area contributed by atoms with Crippen molar-refractivity contribution in [2.75, 3.05) is 0 Å². The van der Waals surface area contributed by atoms with Gasteiger partial charge in [-0.15, -0.1) is 0 Å². The molecule has 1 aromatic carbocycles. The third kappa shape index (κ3) is 6.36. The van der Waals surface area contributed by atoms with Gasteiger partial charge in [0.05, 0.1) is 17.8 Å². The number of esters is 4. The van der Waals surface area contributed by atoms with E-state index in [2.05, 4.69) is 0 Å². The number of hydrogen-bond donors (Lipinski definition) is 1. The van der Waals surface area contributed by atoms with Crippen molar-refractivity contribution < 1.29 is 48.0 Å². The molecule has 4 rings (SSSR count). The molecule has 1 saturated heterocycles. The predicted molar refractivity (Wildman–Crippen MR) is 155 cm³/mol. The van der Waals surface area contributed by atoms with Crippen LogP contribution in [0.3, 0.4) is 0 Å². The highest BCUT2D eigenvalue weighted by molar-refractivity contribution is 5.89. The van der Waals surface area contributed by atoms with E-state index in [1.54, 1.807) is 45.0 Å². The first-order valence-corrected chi connectivity index (χ1v) is 14.9. The molecular formula is C33H44O10. The largest absolute Gasteiger partial charge is 0.462 e. The second-order valence-corrected chi connectivity index (χ2v) is 13.0. The average Bonchev–Trinajstić information content (AvgIpc) is 3.33. The van der Waals surface area contributed by atoms with E-state index in [0.29, 0.717) is 17.6 Å². The van der Waals surface area contributed by atoms with E-state index < -0.39 is 83.4 Å². The van der Waals surface area contributed by atoms with Crippen molar-refractivity contribution in [3.8, 4) is 0 Å². The number of fused-ring (bicyclic) bond motifs is 1. The maximum Gasteiger partial charge on any atom is 0.338 e. The quantitative estimate of drug-likeness (QED) is 0.298. The van der Waals surface area contributed by atoms with Crippen molar-refractivity contribution >= 4 is 23.9 Å². The minimum atomic E-state index is -1.18. The molecule has 1 aromatic rings. The molecule has 1 N–H and O–H groups in total.